The Morgan fingerprint density at radius 1 is 1.21 bits per heavy atom. The Bertz CT molecular complexity index is 800. The summed E-state index contributed by atoms with van der Waals surface area (Å²) in [5, 5.41) is 4.62. The van der Waals surface area contributed by atoms with Crippen molar-refractivity contribution in [3.05, 3.63) is 51.5 Å². The fourth-order valence-electron chi connectivity index (χ4n) is 3.86. The van der Waals surface area contributed by atoms with Crippen molar-refractivity contribution in [3.8, 4) is 0 Å². The summed E-state index contributed by atoms with van der Waals surface area (Å²) < 4.78 is 1.68. The second-order valence-electron chi connectivity index (χ2n) is 6.85. The van der Waals surface area contributed by atoms with Crippen molar-refractivity contribution in [2.75, 3.05) is 6.54 Å². The van der Waals surface area contributed by atoms with Crippen LogP contribution in [0.25, 0.3) is 0 Å². The first-order valence-electron chi connectivity index (χ1n) is 8.81. The van der Waals surface area contributed by atoms with Crippen molar-refractivity contribution in [2.24, 2.45) is 0 Å². The van der Waals surface area contributed by atoms with Crippen molar-refractivity contribution in [3.63, 3.8) is 0 Å². The van der Waals surface area contributed by atoms with E-state index >= 15 is 0 Å². The van der Waals surface area contributed by atoms with Crippen molar-refractivity contribution in [1.29, 1.82) is 0 Å². The summed E-state index contributed by atoms with van der Waals surface area (Å²) in [6.07, 6.45) is 8.86. The fourth-order valence-corrected chi connectivity index (χ4v) is 3.86. The van der Waals surface area contributed by atoms with Crippen LogP contribution in [0.4, 0.5) is 0 Å². The molecule has 0 amide bonds. The summed E-state index contributed by atoms with van der Waals surface area (Å²) in [6, 6.07) is 2.14. The largest absolute Gasteiger partial charge is 0.293 e. The zero-order chi connectivity index (χ0) is 16.5. The van der Waals surface area contributed by atoms with Crippen LogP contribution in [-0.4, -0.2) is 37.2 Å². The molecule has 1 aliphatic heterocycles. The Hall–Kier alpha value is -2.08. The number of fused-ring (bicyclic) bond motifs is 1. The van der Waals surface area contributed by atoms with Crippen LogP contribution < -0.4 is 5.56 Å². The van der Waals surface area contributed by atoms with Crippen LogP contribution in [0.1, 0.15) is 41.9 Å². The van der Waals surface area contributed by atoms with Gasteiger partial charge in [-0.05, 0) is 51.1 Å². The first kappa shape index (κ1) is 15.4. The lowest BCUT2D eigenvalue weighted by Crippen LogP contribution is -2.37. The minimum Gasteiger partial charge on any atom is -0.293 e. The Morgan fingerprint density at radius 3 is 2.96 bits per heavy atom. The summed E-state index contributed by atoms with van der Waals surface area (Å²) >= 11 is 0. The first-order chi connectivity index (χ1) is 11.7. The number of aryl methyl sites for hydroxylation is 3. The summed E-state index contributed by atoms with van der Waals surface area (Å²) in [4.78, 5) is 23.5. The standard InChI is InChI=1S/C18H23N5O/c1-13-17(20-8-7-19-13)12-22-9-3-5-15(22)11-23-18(24)10-14-4-2-6-16(14)21-23/h7-8,10,15H,2-6,9,11-12H2,1H3. The SMILES string of the molecule is Cc1nccnc1CN1CCCC1Cn1nc2c(cc1=O)CCC2. The zero-order valence-corrected chi connectivity index (χ0v) is 14.1. The van der Waals surface area contributed by atoms with Crippen molar-refractivity contribution in [2.45, 2.75) is 58.2 Å². The van der Waals surface area contributed by atoms with E-state index in [0.29, 0.717) is 12.6 Å². The smallest absolute Gasteiger partial charge is 0.267 e. The molecule has 1 unspecified atom stereocenters. The average Bonchev–Trinajstić information content (AvgIpc) is 3.19. The highest BCUT2D eigenvalue weighted by Crippen LogP contribution is 2.22. The van der Waals surface area contributed by atoms with E-state index < -0.39 is 0 Å². The molecule has 4 rings (SSSR count). The van der Waals surface area contributed by atoms with Crippen LogP contribution in [0.5, 0.6) is 0 Å². The van der Waals surface area contributed by atoms with Gasteiger partial charge in [0.2, 0.25) is 0 Å². The second kappa shape index (κ2) is 6.43. The van der Waals surface area contributed by atoms with E-state index in [-0.39, 0.29) is 5.56 Å². The van der Waals surface area contributed by atoms with E-state index in [9.17, 15) is 4.79 Å². The van der Waals surface area contributed by atoms with Crippen molar-refractivity contribution < 1.29 is 0 Å². The maximum Gasteiger partial charge on any atom is 0.267 e. The summed E-state index contributed by atoms with van der Waals surface area (Å²) in [7, 11) is 0. The Labute approximate surface area is 141 Å². The molecule has 0 N–H and O–H groups in total. The molecule has 6 heteroatoms. The van der Waals surface area contributed by atoms with Crippen LogP contribution in [-0.2, 0) is 25.9 Å². The van der Waals surface area contributed by atoms with Crippen LogP contribution in [0, 0.1) is 6.92 Å². The molecule has 1 saturated heterocycles. The monoisotopic (exact) mass is 325 g/mol. The quantitative estimate of drug-likeness (QED) is 0.852. The van der Waals surface area contributed by atoms with Gasteiger partial charge in [-0.1, -0.05) is 0 Å². The van der Waals surface area contributed by atoms with E-state index in [1.54, 1.807) is 23.1 Å². The van der Waals surface area contributed by atoms with E-state index in [2.05, 4.69) is 20.0 Å². The third kappa shape index (κ3) is 2.98. The van der Waals surface area contributed by atoms with E-state index in [1.165, 1.54) is 0 Å². The summed E-state index contributed by atoms with van der Waals surface area (Å²) in [6.45, 7) is 4.51. The Kier molecular flexibility index (Phi) is 4.14. The van der Waals surface area contributed by atoms with Crippen LogP contribution in [0.2, 0.25) is 0 Å². The Morgan fingerprint density at radius 2 is 2.08 bits per heavy atom. The van der Waals surface area contributed by atoms with Crippen LogP contribution in [0.15, 0.2) is 23.3 Å². The van der Waals surface area contributed by atoms with Gasteiger partial charge in [0.15, 0.2) is 0 Å². The first-order valence-corrected chi connectivity index (χ1v) is 8.81. The Balaban J connectivity index is 1.52. The molecule has 0 saturated carbocycles. The van der Waals surface area contributed by atoms with Gasteiger partial charge in [0, 0.05) is 31.0 Å². The molecule has 1 atom stereocenters. The van der Waals surface area contributed by atoms with Crippen LogP contribution in [0.3, 0.4) is 0 Å². The number of hydrogen-bond acceptors (Lipinski definition) is 5. The van der Waals surface area contributed by atoms with Gasteiger partial charge in [0.05, 0.1) is 23.6 Å². The van der Waals surface area contributed by atoms with Gasteiger partial charge in [0.1, 0.15) is 0 Å². The molecule has 0 spiro atoms. The molecule has 1 fully saturated rings. The van der Waals surface area contributed by atoms with E-state index in [0.717, 1.165) is 67.8 Å². The number of nitrogens with zero attached hydrogens (tertiary/aromatic N) is 5. The van der Waals surface area contributed by atoms with Crippen molar-refractivity contribution in [1.82, 2.24) is 24.6 Å². The molecule has 1 aliphatic carbocycles. The molecule has 0 radical (unpaired) electrons. The van der Waals surface area contributed by atoms with Gasteiger partial charge in [-0.15, -0.1) is 0 Å². The molecule has 0 bridgehead atoms. The molecule has 2 aromatic heterocycles. The molecular formula is C18H23N5O. The summed E-state index contributed by atoms with van der Waals surface area (Å²) in [5.41, 5.74) is 4.31. The number of rotatable bonds is 4. The topological polar surface area (TPSA) is 63.9 Å². The lowest BCUT2D eigenvalue weighted by atomic mass is 10.2. The highest BCUT2D eigenvalue weighted by atomic mass is 16.1. The lowest BCUT2D eigenvalue weighted by Gasteiger charge is -2.24. The maximum absolute atomic E-state index is 12.3. The fraction of sp³-hybridized carbons (Fsp3) is 0.556. The molecular weight excluding hydrogens is 302 g/mol. The third-order valence-electron chi connectivity index (χ3n) is 5.24. The maximum atomic E-state index is 12.3. The number of likely N-dealkylation sites (tertiary alicyclic amines) is 1. The normalized spacial score (nSPS) is 20.5. The molecule has 126 valence electrons. The minimum absolute atomic E-state index is 0.0400. The van der Waals surface area contributed by atoms with Crippen molar-refractivity contribution >= 4 is 0 Å². The third-order valence-corrected chi connectivity index (χ3v) is 5.24. The number of hydrogen-bond donors (Lipinski definition) is 0. The van der Waals surface area contributed by atoms with Gasteiger partial charge in [0.25, 0.3) is 5.56 Å². The number of aromatic nitrogens is 4. The zero-order valence-electron chi connectivity index (χ0n) is 14.1. The predicted octanol–water partition coefficient (Wildman–Crippen LogP) is 1.50. The van der Waals surface area contributed by atoms with Gasteiger partial charge in [-0.2, -0.15) is 5.10 Å². The molecule has 24 heavy (non-hydrogen) atoms. The molecule has 2 aliphatic rings. The van der Waals surface area contributed by atoms with Gasteiger partial charge in [-0.25, -0.2) is 4.68 Å². The minimum atomic E-state index is 0.0400. The van der Waals surface area contributed by atoms with E-state index in [1.807, 2.05) is 6.92 Å². The van der Waals surface area contributed by atoms with Gasteiger partial charge in [-0.3, -0.25) is 19.7 Å². The molecule has 0 aromatic carbocycles. The van der Waals surface area contributed by atoms with E-state index in [4.69, 9.17) is 0 Å². The molecule has 2 aromatic rings. The van der Waals surface area contributed by atoms with Gasteiger partial charge >= 0.3 is 0 Å². The summed E-state index contributed by atoms with van der Waals surface area (Å²) in [5.74, 6) is 0. The molecule has 6 nitrogen and oxygen atoms in total. The molecule has 3 heterocycles. The average molecular weight is 325 g/mol. The highest BCUT2D eigenvalue weighted by Gasteiger charge is 2.27. The highest BCUT2D eigenvalue weighted by molar-refractivity contribution is 5.22. The second-order valence-corrected chi connectivity index (χ2v) is 6.85. The predicted molar refractivity (Wildman–Crippen MR) is 90.7 cm³/mol. The van der Waals surface area contributed by atoms with Crippen LogP contribution >= 0.6 is 0 Å². The lowest BCUT2D eigenvalue weighted by molar-refractivity contribution is 0.213. The van der Waals surface area contributed by atoms with Gasteiger partial charge < -0.3 is 0 Å².